The van der Waals surface area contributed by atoms with Crippen LogP contribution in [0.3, 0.4) is 0 Å². The van der Waals surface area contributed by atoms with Crippen molar-refractivity contribution in [2.45, 2.75) is 41.9 Å². The first-order valence-corrected chi connectivity index (χ1v) is 10.7. The second kappa shape index (κ2) is 7.26. The van der Waals surface area contributed by atoms with E-state index >= 15 is 0 Å². The number of nitrogens with two attached hydrogens (primary N) is 1. The van der Waals surface area contributed by atoms with Gasteiger partial charge in [0.1, 0.15) is 10.8 Å². The number of rotatable bonds is 6. The molecule has 2 N–H and O–H groups in total. The standard InChI is InChI=1S/C20H22ClNO4S/c1-3-13-5-7-14(8-6-13)17-18(20(17,22)19(23)26-4-2)27(24,25)16-11-9-15(21)10-12-16/h5-12,17-18H,3-4,22H2,1-2H3/t17-,18-,20+/m1/s1. The van der Waals surface area contributed by atoms with Crippen molar-refractivity contribution in [3.05, 3.63) is 64.7 Å². The molecule has 0 unspecified atom stereocenters. The molecule has 3 atom stereocenters. The van der Waals surface area contributed by atoms with E-state index in [1.165, 1.54) is 24.3 Å². The molecule has 0 saturated heterocycles. The summed E-state index contributed by atoms with van der Waals surface area (Å²) in [4.78, 5) is 12.6. The van der Waals surface area contributed by atoms with Crippen molar-refractivity contribution in [1.82, 2.24) is 0 Å². The summed E-state index contributed by atoms with van der Waals surface area (Å²) >= 11 is 5.86. The van der Waals surface area contributed by atoms with Crippen LogP contribution < -0.4 is 5.73 Å². The van der Waals surface area contributed by atoms with Crippen LogP contribution in [0.15, 0.2) is 53.4 Å². The predicted molar refractivity (Wildman–Crippen MR) is 105 cm³/mol. The molecule has 5 nitrogen and oxygen atoms in total. The summed E-state index contributed by atoms with van der Waals surface area (Å²) in [5.74, 6) is -1.36. The molecular weight excluding hydrogens is 386 g/mol. The van der Waals surface area contributed by atoms with Crippen LogP contribution in [0.1, 0.15) is 30.9 Å². The van der Waals surface area contributed by atoms with E-state index in [0.29, 0.717) is 10.6 Å². The van der Waals surface area contributed by atoms with Crippen molar-refractivity contribution in [1.29, 1.82) is 0 Å². The Morgan fingerprint density at radius 2 is 1.70 bits per heavy atom. The van der Waals surface area contributed by atoms with E-state index in [1.54, 1.807) is 6.92 Å². The Hall–Kier alpha value is -1.89. The summed E-state index contributed by atoms with van der Waals surface area (Å²) in [5, 5.41) is -0.654. The van der Waals surface area contributed by atoms with Crippen molar-refractivity contribution >= 4 is 27.4 Å². The third kappa shape index (κ3) is 3.37. The molecule has 1 aliphatic carbocycles. The molecule has 0 aliphatic heterocycles. The van der Waals surface area contributed by atoms with Crippen molar-refractivity contribution in [2.75, 3.05) is 6.61 Å². The zero-order chi connectivity index (χ0) is 19.8. The van der Waals surface area contributed by atoms with Gasteiger partial charge in [-0.15, -0.1) is 0 Å². The fourth-order valence-corrected chi connectivity index (χ4v) is 5.84. The smallest absolute Gasteiger partial charge is 0.328 e. The Kier molecular flexibility index (Phi) is 5.34. The highest BCUT2D eigenvalue weighted by Gasteiger charge is 2.74. The molecule has 0 spiro atoms. The number of ether oxygens (including phenoxy) is 1. The minimum Gasteiger partial charge on any atom is -0.465 e. The molecule has 0 bridgehead atoms. The Balaban J connectivity index is 2.04. The Morgan fingerprint density at radius 3 is 2.22 bits per heavy atom. The summed E-state index contributed by atoms with van der Waals surface area (Å²) in [6.45, 7) is 3.83. The van der Waals surface area contributed by atoms with E-state index in [4.69, 9.17) is 22.1 Å². The molecule has 0 amide bonds. The van der Waals surface area contributed by atoms with Gasteiger partial charge in [0, 0.05) is 10.9 Å². The number of carbonyl (C=O) groups excluding carboxylic acids is 1. The molecule has 2 aromatic carbocycles. The number of hydrogen-bond donors (Lipinski definition) is 1. The Morgan fingerprint density at radius 1 is 1.11 bits per heavy atom. The van der Waals surface area contributed by atoms with Gasteiger partial charge in [-0.3, -0.25) is 0 Å². The van der Waals surface area contributed by atoms with Crippen LogP contribution in [-0.2, 0) is 25.8 Å². The van der Waals surface area contributed by atoms with Gasteiger partial charge in [0.2, 0.25) is 0 Å². The van der Waals surface area contributed by atoms with Crippen LogP contribution in [0.25, 0.3) is 0 Å². The number of carbonyl (C=O) groups is 1. The number of sulfone groups is 1. The second-order valence-electron chi connectivity index (χ2n) is 6.65. The van der Waals surface area contributed by atoms with E-state index in [0.717, 1.165) is 12.0 Å². The second-order valence-corrected chi connectivity index (χ2v) is 9.15. The molecule has 7 heteroatoms. The minimum absolute atomic E-state index is 0.0868. The highest BCUT2D eigenvalue weighted by Crippen LogP contribution is 2.56. The van der Waals surface area contributed by atoms with Crippen molar-refractivity contribution in [3.8, 4) is 0 Å². The van der Waals surface area contributed by atoms with Gasteiger partial charge < -0.3 is 10.5 Å². The molecule has 1 saturated carbocycles. The zero-order valence-electron chi connectivity index (χ0n) is 15.2. The monoisotopic (exact) mass is 407 g/mol. The topological polar surface area (TPSA) is 86.5 Å². The number of benzene rings is 2. The normalized spacial score (nSPS) is 24.4. The Labute approximate surface area is 164 Å². The van der Waals surface area contributed by atoms with E-state index in [-0.39, 0.29) is 11.5 Å². The van der Waals surface area contributed by atoms with Gasteiger partial charge in [0.25, 0.3) is 0 Å². The predicted octanol–water partition coefficient (Wildman–Crippen LogP) is 3.10. The van der Waals surface area contributed by atoms with E-state index in [2.05, 4.69) is 0 Å². The van der Waals surface area contributed by atoms with Crippen LogP contribution in [0, 0.1) is 0 Å². The van der Waals surface area contributed by atoms with Gasteiger partial charge in [-0.2, -0.15) is 0 Å². The molecule has 1 aliphatic rings. The molecule has 2 aromatic rings. The molecule has 144 valence electrons. The maximum Gasteiger partial charge on any atom is 0.328 e. The van der Waals surface area contributed by atoms with Gasteiger partial charge in [0.05, 0.1) is 11.5 Å². The van der Waals surface area contributed by atoms with Crippen LogP contribution in [0.2, 0.25) is 5.02 Å². The van der Waals surface area contributed by atoms with Gasteiger partial charge in [-0.25, -0.2) is 13.2 Å². The molecule has 0 radical (unpaired) electrons. The van der Waals surface area contributed by atoms with E-state index < -0.39 is 32.5 Å². The lowest BCUT2D eigenvalue weighted by Gasteiger charge is -2.11. The maximum atomic E-state index is 13.2. The highest BCUT2D eigenvalue weighted by molar-refractivity contribution is 7.92. The molecule has 1 fully saturated rings. The lowest BCUT2D eigenvalue weighted by molar-refractivity contribution is -0.145. The first-order valence-electron chi connectivity index (χ1n) is 8.81. The lowest BCUT2D eigenvalue weighted by atomic mass is 10.0. The summed E-state index contributed by atoms with van der Waals surface area (Å²) < 4.78 is 31.5. The summed E-state index contributed by atoms with van der Waals surface area (Å²) in [7, 11) is -3.85. The largest absolute Gasteiger partial charge is 0.465 e. The summed E-state index contributed by atoms with van der Waals surface area (Å²) in [6, 6.07) is 13.4. The van der Waals surface area contributed by atoms with Gasteiger partial charge in [0.15, 0.2) is 9.84 Å². The van der Waals surface area contributed by atoms with Crippen LogP contribution in [-0.4, -0.2) is 31.8 Å². The van der Waals surface area contributed by atoms with Gasteiger partial charge in [-0.05, 0) is 48.7 Å². The van der Waals surface area contributed by atoms with Crippen LogP contribution in [0.5, 0.6) is 0 Å². The van der Waals surface area contributed by atoms with Crippen molar-refractivity contribution in [3.63, 3.8) is 0 Å². The fraction of sp³-hybridized carbons (Fsp3) is 0.350. The highest BCUT2D eigenvalue weighted by atomic mass is 35.5. The first-order chi connectivity index (χ1) is 12.8. The molecule has 0 aromatic heterocycles. The molecular formula is C20H22ClNO4S. The zero-order valence-corrected chi connectivity index (χ0v) is 16.8. The van der Waals surface area contributed by atoms with Gasteiger partial charge in [-0.1, -0.05) is 42.8 Å². The molecule has 3 rings (SSSR count). The number of esters is 1. The maximum absolute atomic E-state index is 13.2. The SMILES string of the molecule is CCOC(=O)[C@]1(N)[C@H](c2ccc(CC)cc2)[C@H]1S(=O)(=O)c1ccc(Cl)cc1. The average Bonchev–Trinajstić information content (AvgIpc) is 3.31. The average molecular weight is 408 g/mol. The fourth-order valence-electron chi connectivity index (χ4n) is 3.49. The molecule has 0 heterocycles. The summed E-state index contributed by atoms with van der Waals surface area (Å²) in [6.07, 6.45) is 0.864. The van der Waals surface area contributed by atoms with Crippen LogP contribution in [0.4, 0.5) is 0 Å². The third-order valence-electron chi connectivity index (χ3n) is 5.03. The number of aryl methyl sites for hydroxylation is 1. The summed E-state index contributed by atoms with van der Waals surface area (Å²) in [5.41, 5.74) is 6.57. The minimum atomic E-state index is -3.85. The van der Waals surface area contributed by atoms with Crippen molar-refractivity contribution in [2.24, 2.45) is 5.73 Å². The lowest BCUT2D eigenvalue weighted by Crippen LogP contribution is -2.41. The van der Waals surface area contributed by atoms with Crippen molar-refractivity contribution < 1.29 is 17.9 Å². The van der Waals surface area contributed by atoms with E-state index in [9.17, 15) is 13.2 Å². The quantitative estimate of drug-likeness (QED) is 0.743. The first kappa shape index (κ1) is 19.9. The molecule has 27 heavy (non-hydrogen) atoms. The van der Waals surface area contributed by atoms with Gasteiger partial charge >= 0.3 is 5.97 Å². The number of halogens is 1. The van der Waals surface area contributed by atoms with E-state index in [1.807, 2.05) is 31.2 Å². The van der Waals surface area contributed by atoms with Crippen LogP contribution >= 0.6 is 11.6 Å². The third-order valence-corrected chi connectivity index (χ3v) is 7.54. The Bertz CT molecular complexity index is 941. The number of hydrogen-bond acceptors (Lipinski definition) is 5.